The van der Waals surface area contributed by atoms with E-state index in [-0.39, 0.29) is 0 Å². The Bertz CT molecular complexity index is 136. The summed E-state index contributed by atoms with van der Waals surface area (Å²) in [5.74, 6) is 1.26. The first-order chi connectivity index (χ1) is 4.20. The third-order valence-electron chi connectivity index (χ3n) is 1.91. The molecule has 0 nitrogen and oxygen atoms in total. The lowest BCUT2D eigenvalue weighted by Gasteiger charge is -2.19. The van der Waals surface area contributed by atoms with E-state index in [0.29, 0.717) is 0 Å². The van der Waals surface area contributed by atoms with Crippen LogP contribution in [0.5, 0.6) is 0 Å². The molecule has 9 heavy (non-hydrogen) atoms. The maximum Gasteiger partial charge on any atom is 0.0145 e. The van der Waals surface area contributed by atoms with Crippen LogP contribution in [0.4, 0.5) is 0 Å². The van der Waals surface area contributed by atoms with Gasteiger partial charge in [-0.25, -0.2) is 0 Å². The summed E-state index contributed by atoms with van der Waals surface area (Å²) >= 11 is 2.07. The van der Waals surface area contributed by atoms with Gasteiger partial charge in [-0.05, 0) is 20.3 Å². The Morgan fingerprint density at radius 3 is 2.44 bits per heavy atom. The van der Waals surface area contributed by atoms with Gasteiger partial charge in [0.2, 0.25) is 0 Å². The molecule has 1 rings (SSSR count). The average Bonchev–Trinajstić information content (AvgIpc) is 1.80. The standard InChI is InChI=1S/C8H14S/c1-6-4-8(3)9-5-7(6)2/h8H,4-5H2,1-3H3. The highest BCUT2D eigenvalue weighted by atomic mass is 32.2. The Morgan fingerprint density at radius 2 is 2.00 bits per heavy atom. The quantitative estimate of drug-likeness (QED) is 0.469. The Morgan fingerprint density at radius 1 is 1.33 bits per heavy atom. The van der Waals surface area contributed by atoms with Gasteiger partial charge >= 0.3 is 0 Å². The molecule has 0 aromatic carbocycles. The van der Waals surface area contributed by atoms with Gasteiger partial charge in [-0.1, -0.05) is 18.1 Å². The topological polar surface area (TPSA) is 0 Å². The van der Waals surface area contributed by atoms with E-state index >= 15 is 0 Å². The summed E-state index contributed by atoms with van der Waals surface area (Å²) in [5, 5.41) is 0.855. The van der Waals surface area contributed by atoms with E-state index in [9.17, 15) is 0 Å². The monoisotopic (exact) mass is 142 g/mol. The summed E-state index contributed by atoms with van der Waals surface area (Å²) in [5.41, 5.74) is 3.21. The van der Waals surface area contributed by atoms with E-state index in [1.54, 1.807) is 11.1 Å². The molecule has 0 spiro atoms. The van der Waals surface area contributed by atoms with Crippen LogP contribution in [0, 0.1) is 0 Å². The minimum atomic E-state index is 0.855. The van der Waals surface area contributed by atoms with Crippen LogP contribution in [0.2, 0.25) is 0 Å². The SMILES string of the molecule is CC1=C(C)CC(C)SC1. The van der Waals surface area contributed by atoms with E-state index in [1.165, 1.54) is 12.2 Å². The van der Waals surface area contributed by atoms with Gasteiger partial charge in [-0.2, -0.15) is 11.8 Å². The van der Waals surface area contributed by atoms with Gasteiger partial charge in [0, 0.05) is 11.0 Å². The third-order valence-corrected chi connectivity index (χ3v) is 3.24. The summed E-state index contributed by atoms with van der Waals surface area (Å²) in [4.78, 5) is 0. The van der Waals surface area contributed by atoms with Gasteiger partial charge in [0.1, 0.15) is 0 Å². The van der Waals surface area contributed by atoms with Crippen LogP contribution >= 0.6 is 11.8 Å². The lowest BCUT2D eigenvalue weighted by molar-refractivity contribution is 0.893. The molecule has 1 heterocycles. The lowest BCUT2D eigenvalue weighted by atomic mass is 10.1. The van der Waals surface area contributed by atoms with Gasteiger partial charge in [-0.3, -0.25) is 0 Å². The summed E-state index contributed by atoms with van der Waals surface area (Å²) in [6, 6.07) is 0. The van der Waals surface area contributed by atoms with Gasteiger partial charge < -0.3 is 0 Å². The van der Waals surface area contributed by atoms with E-state index in [4.69, 9.17) is 0 Å². The van der Waals surface area contributed by atoms with Crippen molar-refractivity contribution < 1.29 is 0 Å². The molecule has 0 amide bonds. The molecule has 1 aliphatic rings. The van der Waals surface area contributed by atoms with Crippen LogP contribution in [0.1, 0.15) is 27.2 Å². The summed E-state index contributed by atoms with van der Waals surface area (Å²) in [6.07, 6.45) is 1.30. The lowest BCUT2D eigenvalue weighted by Crippen LogP contribution is -2.06. The molecule has 0 N–H and O–H groups in total. The van der Waals surface area contributed by atoms with Crippen molar-refractivity contribution >= 4 is 11.8 Å². The molecule has 1 unspecified atom stereocenters. The Balaban J connectivity index is 2.61. The van der Waals surface area contributed by atoms with Crippen molar-refractivity contribution in [1.82, 2.24) is 0 Å². The summed E-state index contributed by atoms with van der Waals surface area (Å²) in [7, 11) is 0. The molecule has 1 atom stereocenters. The van der Waals surface area contributed by atoms with Crippen LogP contribution in [0.15, 0.2) is 11.1 Å². The normalized spacial score (nSPS) is 29.0. The fourth-order valence-corrected chi connectivity index (χ4v) is 2.20. The Labute approximate surface area is 61.7 Å². The molecule has 0 bridgehead atoms. The molecule has 0 aliphatic carbocycles. The molecule has 0 aromatic rings. The number of hydrogen-bond acceptors (Lipinski definition) is 1. The minimum Gasteiger partial charge on any atom is -0.154 e. The molecule has 0 aromatic heterocycles. The van der Waals surface area contributed by atoms with E-state index in [0.717, 1.165) is 5.25 Å². The minimum absolute atomic E-state index is 0.855. The second kappa shape index (κ2) is 2.78. The van der Waals surface area contributed by atoms with E-state index in [1.807, 2.05) is 0 Å². The van der Waals surface area contributed by atoms with Crippen LogP contribution in [0.25, 0.3) is 0 Å². The van der Waals surface area contributed by atoms with Crippen molar-refractivity contribution in [1.29, 1.82) is 0 Å². The van der Waals surface area contributed by atoms with Crippen LogP contribution in [-0.4, -0.2) is 11.0 Å². The smallest absolute Gasteiger partial charge is 0.0145 e. The molecular weight excluding hydrogens is 128 g/mol. The molecule has 0 radical (unpaired) electrons. The molecule has 0 saturated heterocycles. The maximum absolute atomic E-state index is 2.31. The first-order valence-corrected chi connectivity index (χ1v) is 4.52. The Hall–Kier alpha value is 0.0900. The number of thioether (sulfide) groups is 1. The summed E-state index contributed by atoms with van der Waals surface area (Å²) in [6.45, 7) is 6.81. The number of allylic oxidation sites excluding steroid dienone is 1. The van der Waals surface area contributed by atoms with Crippen molar-refractivity contribution in [3.8, 4) is 0 Å². The van der Waals surface area contributed by atoms with Crippen molar-refractivity contribution in [3.63, 3.8) is 0 Å². The third kappa shape index (κ3) is 1.75. The van der Waals surface area contributed by atoms with Crippen LogP contribution in [0.3, 0.4) is 0 Å². The predicted molar refractivity (Wildman–Crippen MR) is 44.9 cm³/mol. The van der Waals surface area contributed by atoms with Gasteiger partial charge in [0.15, 0.2) is 0 Å². The van der Waals surface area contributed by atoms with Crippen molar-refractivity contribution in [2.45, 2.75) is 32.4 Å². The molecule has 1 aliphatic heterocycles. The highest BCUT2D eigenvalue weighted by Gasteiger charge is 2.11. The fourth-order valence-electron chi connectivity index (χ4n) is 1.05. The largest absolute Gasteiger partial charge is 0.154 e. The molecule has 0 saturated carbocycles. The molecule has 1 heteroatoms. The van der Waals surface area contributed by atoms with Crippen molar-refractivity contribution in [2.24, 2.45) is 0 Å². The average molecular weight is 142 g/mol. The summed E-state index contributed by atoms with van der Waals surface area (Å²) < 4.78 is 0. The van der Waals surface area contributed by atoms with Gasteiger partial charge in [0.25, 0.3) is 0 Å². The maximum atomic E-state index is 2.31. The second-order valence-corrected chi connectivity index (χ2v) is 4.31. The highest BCUT2D eigenvalue weighted by Crippen LogP contribution is 2.28. The second-order valence-electron chi connectivity index (χ2n) is 2.89. The Kier molecular flexibility index (Phi) is 2.23. The fraction of sp³-hybridized carbons (Fsp3) is 0.750. The van der Waals surface area contributed by atoms with Crippen molar-refractivity contribution in [2.75, 3.05) is 5.75 Å². The van der Waals surface area contributed by atoms with E-state index in [2.05, 4.69) is 32.5 Å². The zero-order chi connectivity index (χ0) is 6.85. The van der Waals surface area contributed by atoms with Crippen LogP contribution in [-0.2, 0) is 0 Å². The number of hydrogen-bond donors (Lipinski definition) is 0. The predicted octanol–water partition coefficient (Wildman–Crippen LogP) is 2.85. The molecule has 52 valence electrons. The van der Waals surface area contributed by atoms with E-state index < -0.39 is 0 Å². The molecule has 0 fully saturated rings. The zero-order valence-electron chi connectivity index (χ0n) is 6.40. The molecular formula is C8H14S. The van der Waals surface area contributed by atoms with Gasteiger partial charge in [0.05, 0.1) is 0 Å². The zero-order valence-corrected chi connectivity index (χ0v) is 7.22. The number of rotatable bonds is 0. The van der Waals surface area contributed by atoms with Crippen LogP contribution < -0.4 is 0 Å². The first-order valence-electron chi connectivity index (χ1n) is 3.47. The van der Waals surface area contributed by atoms with Gasteiger partial charge in [-0.15, -0.1) is 0 Å². The highest BCUT2D eigenvalue weighted by molar-refractivity contribution is 8.00. The van der Waals surface area contributed by atoms with Crippen molar-refractivity contribution in [3.05, 3.63) is 11.1 Å². The first kappa shape index (κ1) is 7.20.